The number of aryl methyl sites for hydroxylation is 2. The highest BCUT2D eigenvalue weighted by Crippen LogP contribution is 2.23. The summed E-state index contributed by atoms with van der Waals surface area (Å²) in [6.45, 7) is 6.90. The Morgan fingerprint density at radius 3 is 2.62 bits per heavy atom. The second-order valence-corrected chi connectivity index (χ2v) is 5.03. The van der Waals surface area contributed by atoms with E-state index in [1.165, 1.54) is 11.4 Å². The smallest absolute Gasteiger partial charge is 0.0838 e. The predicted molar refractivity (Wildman–Crippen MR) is 65.6 cm³/mol. The Bertz CT molecular complexity index is 329. The van der Waals surface area contributed by atoms with Gasteiger partial charge in [0.15, 0.2) is 0 Å². The molecule has 3 nitrogen and oxygen atoms in total. The Morgan fingerprint density at radius 2 is 1.94 bits per heavy atom. The van der Waals surface area contributed by atoms with Crippen molar-refractivity contribution in [3.63, 3.8) is 0 Å². The number of hydrogen-bond acceptors (Lipinski definition) is 2. The van der Waals surface area contributed by atoms with Gasteiger partial charge in [-0.15, -0.1) is 0 Å². The van der Waals surface area contributed by atoms with Gasteiger partial charge in [0, 0.05) is 11.4 Å². The molecule has 1 aromatic heterocycles. The van der Waals surface area contributed by atoms with Gasteiger partial charge < -0.3 is 15.0 Å². The van der Waals surface area contributed by atoms with Crippen LogP contribution < -0.4 is 5.32 Å². The van der Waals surface area contributed by atoms with Crippen LogP contribution in [0.2, 0.25) is 0 Å². The molecule has 1 saturated heterocycles. The molecular formula is C13H22N2O. The van der Waals surface area contributed by atoms with E-state index in [0.29, 0.717) is 0 Å². The molecule has 1 aliphatic rings. The van der Waals surface area contributed by atoms with Gasteiger partial charge in [-0.2, -0.15) is 0 Å². The largest absolute Gasteiger partial charge is 0.388 e. The van der Waals surface area contributed by atoms with Crippen molar-refractivity contribution in [2.24, 2.45) is 0 Å². The van der Waals surface area contributed by atoms with Crippen molar-refractivity contribution in [1.82, 2.24) is 9.88 Å². The normalized spacial score (nSPS) is 26.7. The Hall–Kier alpha value is -0.800. The monoisotopic (exact) mass is 222 g/mol. The molecule has 16 heavy (non-hydrogen) atoms. The van der Waals surface area contributed by atoms with E-state index in [1.807, 2.05) is 0 Å². The molecule has 0 spiro atoms. The summed E-state index contributed by atoms with van der Waals surface area (Å²) in [4.78, 5) is 0. The van der Waals surface area contributed by atoms with Crippen LogP contribution in [0.1, 0.15) is 30.7 Å². The molecule has 1 fully saturated rings. The molecule has 1 unspecified atom stereocenters. The third-order valence-electron chi connectivity index (χ3n) is 3.63. The van der Waals surface area contributed by atoms with Crippen molar-refractivity contribution >= 4 is 0 Å². The maximum atomic E-state index is 10.6. The molecule has 2 N–H and O–H groups in total. The minimum atomic E-state index is -0.530. The Balaban J connectivity index is 2.12. The molecule has 2 heterocycles. The summed E-state index contributed by atoms with van der Waals surface area (Å²) in [5, 5.41) is 14.0. The zero-order valence-corrected chi connectivity index (χ0v) is 10.3. The lowest BCUT2D eigenvalue weighted by atomic mass is 9.94. The van der Waals surface area contributed by atoms with Crippen LogP contribution in [-0.4, -0.2) is 28.4 Å². The van der Waals surface area contributed by atoms with Gasteiger partial charge in [-0.05, 0) is 58.3 Å². The van der Waals surface area contributed by atoms with E-state index in [1.54, 1.807) is 0 Å². The zero-order chi connectivity index (χ0) is 11.6. The van der Waals surface area contributed by atoms with Gasteiger partial charge in [0.2, 0.25) is 0 Å². The summed E-state index contributed by atoms with van der Waals surface area (Å²) < 4.78 is 2.23. The molecule has 1 aromatic rings. The van der Waals surface area contributed by atoms with Crippen LogP contribution in [0, 0.1) is 13.8 Å². The summed E-state index contributed by atoms with van der Waals surface area (Å²) in [6.07, 6.45) is 2.82. The molecule has 1 aliphatic heterocycles. The summed E-state index contributed by atoms with van der Waals surface area (Å²) in [5.41, 5.74) is 1.95. The van der Waals surface area contributed by atoms with Crippen LogP contribution in [0.15, 0.2) is 12.1 Å². The fourth-order valence-electron chi connectivity index (χ4n) is 2.51. The lowest BCUT2D eigenvalue weighted by Gasteiger charge is -2.28. The highest BCUT2D eigenvalue weighted by atomic mass is 16.3. The van der Waals surface area contributed by atoms with E-state index in [0.717, 1.165) is 38.9 Å². The van der Waals surface area contributed by atoms with E-state index in [-0.39, 0.29) is 0 Å². The van der Waals surface area contributed by atoms with E-state index in [4.69, 9.17) is 0 Å². The maximum absolute atomic E-state index is 10.6. The van der Waals surface area contributed by atoms with Crippen LogP contribution >= 0.6 is 0 Å². The number of nitrogens with zero attached hydrogens (tertiary/aromatic N) is 1. The van der Waals surface area contributed by atoms with Crippen molar-refractivity contribution in [3.8, 4) is 0 Å². The zero-order valence-electron chi connectivity index (χ0n) is 10.3. The molecule has 0 radical (unpaired) electrons. The van der Waals surface area contributed by atoms with Crippen LogP contribution in [-0.2, 0) is 6.54 Å². The average molecular weight is 222 g/mol. The fourth-order valence-corrected chi connectivity index (χ4v) is 2.51. The minimum Gasteiger partial charge on any atom is -0.388 e. The molecular weight excluding hydrogens is 200 g/mol. The summed E-state index contributed by atoms with van der Waals surface area (Å²) in [5.74, 6) is 0. The van der Waals surface area contributed by atoms with Crippen LogP contribution in [0.3, 0.4) is 0 Å². The van der Waals surface area contributed by atoms with E-state index in [9.17, 15) is 5.11 Å². The van der Waals surface area contributed by atoms with Gasteiger partial charge in [-0.1, -0.05) is 0 Å². The van der Waals surface area contributed by atoms with Gasteiger partial charge in [0.25, 0.3) is 0 Å². The molecule has 90 valence electrons. The lowest BCUT2D eigenvalue weighted by Crippen LogP contribution is -2.35. The molecule has 1 atom stereocenters. The van der Waals surface area contributed by atoms with E-state index >= 15 is 0 Å². The number of aromatic nitrogens is 1. The highest BCUT2D eigenvalue weighted by molar-refractivity contribution is 5.14. The number of aliphatic hydroxyl groups is 1. The van der Waals surface area contributed by atoms with Crippen molar-refractivity contribution in [2.75, 3.05) is 13.1 Å². The molecule has 3 heteroatoms. The molecule has 0 aliphatic carbocycles. The first-order chi connectivity index (χ1) is 7.61. The Labute approximate surface area is 97.5 Å². The lowest BCUT2D eigenvalue weighted by molar-refractivity contribution is 0.0103. The van der Waals surface area contributed by atoms with Crippen molar-refractivity contribution < 1.29 is 5.11 Å². The van der Waals surface area contributed by atoms with Crippen molar-refractivity contribution in [3.05, 3.63) is 23.5 Å². The number of rotatable bonds is 2. The molecule has 0 amide bonds. The fraction of sp³-hybridized carbons (Fsp3) is 0.692. The first-order valence-electron chi connectivity index (χ1n) is 6.17. The van der Waals surface area contributed by atoms with Gasteiger partial charge in [-0.25, -0.2) is 0 Å². The second-order valence-electron chi connectivity index (χ2n) is 5.03. The van der Waals surface area contributed by atoms with Gasteiger partial charge in [0.1, 0.15) is 0 Å². The van der Waals surface area contributed by atoms with Gasteiger partial charge >= 0.3 is 0 Å². The molecule has 2 rings (SSSR count). The first kappa shape index (κ1) is 11.7. The van der Waals surface area contributed by atoms with Crippen LogP contribution in [0.5, 0.6) is 0 Å². The van der Waals surface area contributed by atoms with E-state index in [2.05, 4.69) is 35.9 Å². The number of nitrogens with one attached hydrogen (secondary N) is 1. The summed E-state index contributed by atoms with van der Waals surface area (Å²) in [6, 6.07) is 4.24. The van der Waals surface area contributed by atoms with Crippen LogP contribution in [0.25, 0.3) is 0 Å². The van der Waals surface area contributed by atoms with Crippen LogP contribution in [0.4, 0.5) is 0 Å². The van der Waals surface area contributed by atoms with Gasteiger partial charge in [-0.3, -0.25) is 0 Å². The summed E-state index contributed by atoms with van der Waals surface area (Å²) >= 11 is 0. The molecule has 0 saturated carbocycles. The first-order valence-corrected chi connectivity index (χ1v) is 6.17. The minimum absolute atomic E-state index is 0.530. The molecule has 0 bridgehead atoms. The Morgan fingerprint density at radius 1 is 1.25 bits per heavy atom. The maximum Gasteiger partial charge on any atom is 0.0838 e. The second kappa shape index (κ2) is 4.60. The standard InChI is InChI=1S/C13H22N2O/c1-11-4-5-12(2)15(11)10-13(16)6-3-8-14-9-7-13/h4-5,14,16H,3,6-10H2,1-2H3. The topological polar surface area (TPSA) is 37.2 Å². The summed E-state index contributed by atoms with van der Waals surface area (Å²) in [7, 11) is 0. The molecule has 0 aromatic carbocycles. The SMILES string of the molecule is Cc1ccc(C)n1CC1(O)CCCNCC1. The third kappa shape index (κ3) is 2.47. The number of hydrogen-bond donors (Lipinski definition) is 2. The third-order valence-corrected chi connectivity index (χ3v) is 3.63. The van der Waals surface area contributed by atoms with E-state index < -0.39 is 5.60 Å². The highest BCUT2D eigenvalue weighted by Gasteiger charge is 2.28. The van der Waals surface area contributed by atoms with Crippen molar-refractivity contribution in [1.29, 1.82) is 0 Å². The van der Waals surface area contributed by atoms with Crippen molar-refractivity contribution in [2.45, 2.75) is 45.3 Å². The quantitative estimate of drug-likeness (QED) is 0.797. The Kier molecular flexibility index (Phi) is 3.36. The average Bonchev–Trinajstić information content (AvgIpc) is 2.47. The van der Waals surface area contributed by atoms with Gasteiger partial charge in [0.05, 0.1) is 12.1 Å². The predicted octanol–water partition coefficient (Wildman–Crippen LogP) is 1.61.